The second-order valence-corrected chi connectivity index (χ2v) is 25.4. The maximum atomic E-state index is 16.3. The summed E-state index contributed by atoms with van der Waals surface area (Å²) in [4.78, 5) is 135. The number of alkyl carbamates (subject to hydrolysis) is 1. The predicted molar refractivity (Wildman–Crippen MR) is 371 cm³/mol. The van der Waals surface area contributed by atoms with Gasteiger partial charge in [0.2, 0.25) is 41.2 Å². The molecule has 0 radical (unpaired) electrons. The molecule has 9 atom stereocenters. The van der Waals surface area contributed by atoms with Gasteiger partial charge in [0.25, 0.3) is 5.91 Å². The second kappa shape index (κ2) is 31.2. The standard InChI is InChI=1S/C73H65Cl2N9O22/c1-101-72(99)61-43-29-40(87)30-49(90)56(43)42-23-34(8-11-47(42)88)57-68(95)83-62(71(98)82-61)63(91)36-10-14-51(45(75)24-36)105-55-27-38-26-54(64(55)106-52(15-18-85)66(93)77-17-16-76)104-50-13-7-33(19-44(50)74)20-46-65(92)79-59(69(96)81-60(38)70(97)80-57)37-21-39(86)28-41(22-37)103-53-25-35(9-12-48(53)89)58(67(94)78-46)84-73(100)102-31-32-5-3-2-4-6-32/h2-14,19,21-30,46,52,57-63,85-91H,15-18,20,31,76H2,1H3,(H,77,93)(H,78,94)(H,79,92)(H,80,97)(H,81,96)(H,82,98)(H,83,95)(H,84,100)/t46-,52?,57-,58-,59+,60-,61-,62+,63-/m1/s1. The molecule has 548 valence electrons. The summed E-state index contributed by atoms with van der Waals surface area (Å²) in [7, 11) is 0.949. The number of rotatable bonds is 11. The van der Waals surface area contributed by atoms with Gasteiger partial charge in [0.1, 0.15) is 89.2 Å². The number of nitrogens with two attached hydrogens (primary N) is 1. The SMILES string of the molecule is COC(=O)[C@@H]1NC(=O)[C@H]2NC(=O)[C@H](NC(=O)[C@@H]3NC(=O)[C@H]4NC(=O)[C@@H](Cc5ccc(c(Cl)c5)Oc5cc3cc(c5OC(CCO)C(=O)NCCN)Oc3ccc(cc3Cl)[C@H]2O)NC(=O)[C@H](NC(=O)OCc2ccccc2)c2ccc(O)c(c2)Oc2cc(O)cc4c2)c2ccc(O)c(c2)-c2c(O)cc(O)cc21. The van der Waals surface area contributed by atoms with Crippen molar-refractivity contribution in [2.24, 2.45) is 5.73 Å². The third-order valence-electron chi connectivity index (χ3n) is 17.4. The summed E-state index contributed by atoms with van der Waals surface area (Å²) < 4.78 is 36.5. The Balaban J connectivity index is 1.09. The van der Waals surface area contributed by atoms with Gasteiger partial charge in [-0.15, -0.1) is 0 Å². The minimum Gasteiger partial charge on any atom is -0.508 e. The summed E-state index contributed by atoms with van der Waals surface area (Å²) in [5, 5.41) is 100. The van der Waals surface area contributed by atoms with Crippen molar-refractivity contribution in [2.75, 3.05) is 26.8 Å². The van der Waals surface area contributed by atoms with Crippen molar-refractivity contribution in [1.82, 2.24) is 42.5 Å². The Morgan fingerprint density at radius 1 is 0.594 bits per heavy atom. The zero-order valence-electron chi connectivity index (χ0n) is 55.4. The summed E-state index contributed by atoms with van der Waals surface area (Å²) in [6.07, 6.45) is -5.83. The van der Waals surface area contributed by atoms with E-state index < -0.39 is 190 Å². The Labute approximate surface area is 610 Å². The van der Waals surface area contributed by atoms with Crippen molar-refractivity contribution >= 4 is 76.6 Å². The Kier molecular flexibility index (Phi) is 21.5. The topological polar surface area (TPSA) is 473 Å². The molecule has 14 rings (SSSR count). The smallest absolute Gasteiger partial charge is 0.408 e. The molecule has 8 aromatic rings. The minimum absolute atomic E-state index is 0.0375. The second-order valence-electron chi connectivity index (χ2n) is 24.6. The fraction of sp³-hybridized carbons (Fsp3) is 0.219. The van der Waals surface area contributed by atoms with Gasteiger partial charge in [-0.2, -0.15) is 0 Å². The molecular formula is C73H65Cl2N9O22. The van der Waals surface area contributed by atoms with Crippen LogP contribution in [-0.2, 0) is 60.9 Å². The number of aliphatic hydroxyl groups is 2. The first-order chi connectivity index (χ1) is 50.8. The molecule has 0 fully saturated rings. The quantitative estimate of drug-likeness (QED) is 0.0707. The number of nitrogens with one attached hydrogen (secondary N) is 8. The molecule has 33 heteroatoms. The summed E-state index contributed by atoms with van der Waals surface area (Å²) in [5.41, 5.74) is 4.05. The highest BCUT2D eigenvalue weighted by Crippen LogP contribution is 2.49. The Morgan fingerprint density at radius 2 is 1.22 bits per heavy atom. The van der Waals surface area contributed by atoms with Crippen LogP contribution in [-0.4, -0.2) is 134 Å². The number of aliphatic hydroxyl groups excluding tert-OH is 2. The number of aromatic hydroxyl groups is 5. The highest BCUT2D eigenvalue weighted by molar-refractivity contribution is 6.32. The first-order valence-electron chi connectivity index (χ1n) is 32.5. The van der Waals surface area contributed by atoms with E-state index in [1.807, 2.05) is 0 Å². The maximum Gasteiger partial charge on any atom is 0.408 e. The number of carbonyl (C=O) groups excluding carboxylic acids is 9. The number of hydrogen-bond donors (Lipinski definition) is 16. The third-order valence-corrected chi connectivity index (χ3v) is 18.0. The molecule has 0 aliphatic carbocycles. The first-order valence-corrected chi connectivity index (χ1v) is 33.3. The monoisotopic (exact) mass is 1490 g/mol. The van der Waals surface area contributed by atoms with E-state index in [9.17, 15) is 50.1 Å². The van der Waals surface area contributed by atoms with Gasteiger partial charge in [-0.3, -0.25) is 33.6 Å². The molecule has 106 heavy (non-hydrogen) atoms. The summed E-state index contributed by atoms with van der Waals surface area (Å²) in [5.74, 6) is -15.7. The molecule has 6 aliphatic rings. The third kappa shape index (κ3) is 15.8. The number of fused-ring (bicyclic) bond motifs is 14. The number of methoxy groups -OCH3 is 1. The number of esters is 1. The van der Waals surface area contributed by atoms with Crippen LogP contribution < -0.4 is 67.2 Å². The molecule has 6 aliphatic heterocycles. The lowest BCUT2D eigenvalue weighted by Gasteiger charge is -2.31. The molecular weight excluding hydrogens is 1430 g/mol. The zero-order chi connectivity index (χ0) is 75.4. The van der Waals surface area contributed by atoms with Gasteiger partial charge < -0.3 is 112 Å². The van der Waals surface area contributed by atoms with Crippen LogP contribution in [0.4, 0.5) is 4.79 Å². The van der Waals surface area contributed by atoms with Crippen LogP contribution >= 0.6 is 23.2 Å². The molecule has 0 aromatic heterocycles. The minimum atomic E-state index is -2.30. The van der Waals surface area contributed by atoms with E-state index >= 15 is 28.8 Å². The average Bonchev–Trinajstić information content (AvgIpc) is 0.773. The van der Waals surface area contributed by atoms with E-state index in [0.717, 1.165) is 79.9 Å². The molecule has 17 bridgehead atoms. The lowest BCUT2D eigenvalue weighted by Crippen LogP contribution is -2.55. The van der Waals surface area contributed by atoms with E-state index in [4.69, 9.17) is 57.4 Å². The number of halogens is 2. The molecule has 0 saturated carbocycles. The summed E-state index contributed by atoms with van der Waals surface area (Å²) >= 11 is 14.2. The van der Waals surface area contributed by atoms with Crippen LogP contribution in [0.25, 0.3) is 11.1 Å². The van der Waals surface area contributed by atoms with E-state index in [1.165, 1.54) is 42.5 Å². The fourth-order valence-corrected chi connectivity index (χ4v) is 12.7. The molecule has 17 N–H and O–H groups in total. The van der Waals surface area contributed by atoms with Crippen LogP contribution in [0.1, 0.15) is 87.2 Å². The molecule has 31 nitrogen and oxygen atoms in total. The maximum absolute atomic E-state index is 16.3. The van der Waals surface area contributed by atoms with Crippen molar-refractivity contribution in [1.29, 1.82) is 0 Å². The van der Waals surface area contributed by atoms with Gasteiger partial charge in [-0.05, 0) is 118 Å². The lowest BCUT2D eigenvalue weighted by atomic mass is 9.89. The highest BCUT2D eigenvalue weighted by Gasteiger charge is 2.42. The fourth-order valence-electron chi connectivity index (χ4n) is 12.3. The van der Waals surface area contributed by atoms with Crippen LogP contribution in [0, 0.1) is 0 Å². The van der Waals surface area contributed by atoms with Crippen LogP contribution in [0.3, 0.4) is 0 Å². The number of hydrogen-bond acceptors (Lipinski definition) is 23. The van der Waals surface area contributed by atoms with Crippen molar-refractivity contribution in [3.05, 3.63) is 200 Å². The van der Waals surface area contributed by atoms with Gasteiger partial charge in [0.05, 0.1) is 17.2 Å². The number of benzene rings is 8. The molecule has 8 aromatic carbocycles. The van der Waals surface area contributed by atoms with Crippen molar-refractivity contribution in [3.8, 4) is 80.1 Å². The van der Waals surface area contributed by atoms with Gasteiger partial charge >= 0.3 is 12.1 Å². The van der Waals surface area contributed by atoms with Gasteiger partial charge in [-0.25, -0.2) is 9.59 Å². The van der Waals surface area contributed by atoms with E-state index in [2.05, 4.69) is 42.5 Å². The number of carbonyl (C=O) groups is 9. The van der Waals surface area contributed by atoms with Crippen molar-refractivity contribution in [3.63, 3.8) is 0 Å². The van der Waals surface area contributed by atoms with E-state index in [1.54, 1.807) is 30.3 Å². The molecule has 1 unspecified atom stereocenters. The summed E-state index contributed by atoms with van der Waals surface area (Å²) in [6.45, 7) is -1.05. The molecule has 0 spiro atoms. The number of phenols is 5. The lowest BCUT2D eigenvalue weighted by molar-refractivity contribution is -0.146. The molecule has 8 amide bonds. The predicted octanol–water partition coefficient (Wildman–Crippen LogP) is 5.54. The highest BCUT2D eigenvalue weighted by atomic mass is 35.5. The van der Waals surface area contributed by atoms with Gasteiger partial charge in [-0.1, -0.05) is 77.8 Å². The van der Waals surface area contributed by atoms with Gasteiger partial charge in [0, 0.05) is 61.4 Å². The number of phenolic OH excluding ortho intramolecular Hbond substituents is 5. The number of amides is 8. The van der Waals surface area contributed by atoms with E-state index in [0.29, 0.717) is 5.56 Å². The Hall–Kier alpha value is -12.6. The van der Waals surface area contributed by atoms with Gasteiger partial charge in [0.15, 0.2) is 35.1 Å². The normalized spacial score (nSPS) is 20.1. The summed E-state index contributed by atoms with van der Waals surface area (Å²) in [6, 6.07) is 15.9. The Morgan fingerprint density at radius 3 is 1.90 bits per heavy atom. The Bertz CT molecular complexity index is 4860. The zero-order valence-corrected chi connectivity index (χ0v) is 56.9. The van der Waals surface area contributed by atoms with E-state index in [-0.39, 0.29) is 86.1 Å². The first kappa shape index (κ1) is 73.2. The molecule has 0 saturated heterocycles. The van der Waals surface area contributed by atoms with Crippen molar-refractivity contribution < 1.29 is 107 Å². The van der Waals surface area contributed by atoms with Crippen LogP contribution in [0.2, 0.25) is 10.0 Å². The van der Waals surface area contributed by atoms with Crippen LogP contribution in [0.5, 0.6) is 69.0 Å². The van der Waals surface area contributed by atoms with Crippen molar-refractivity contribution in [2.45, 2.75) is 73.9 Å². The average molecular weight is 1490 g/mol. The van der Waals surface area contributed by atoms with Crippen LogP contribution in [0.15, 0.2) is 146 Å². The number of ether oxygens (including phenoxy) is 6. The largest absolute Gasteiger partial charge is 0.508 e. The molecule has 6 heterocycles.